The minimum absolute atomic E-state index is 0.0147. The Labute approximate surface area is 321 Å². The van der Waals surface area contributed by atoms with Crippen LogP contribution in [-0.4, -0.2) is 9.55 Å². The van der Waals surface area contributed by atoms with E-state index in [2.05, 4.69) is 4.98 Å². The van der Waals surface area contributed by atoms with Gasteiger partial charge in [-0.1, -0.05) is 154 Å². The summed E-state index contributed by atoms with van der Waals surface area (Å²) in [6, 6.07) is 36.8. The molecule has 10 rings (SSSR count). The lowest BCUT2D eigenvalue weighted by Gasteiger charge is -2.23. The minimum atomic E-state index is -2.94. The molecule has 0 aliphatic heterocycles. The molecule has 1 heterocycles. The van der Waals surface area contributed by atoms with E-state index in [9.17, 15) is 4.11 Å². The molecule has 0 saturated heterocycles. The highest BCUT2D eigenvalue weighted by Gasteiger charge is 2.35. The number of benzene rings is 8. The molecular formula is C50H38N2. The second-order valence-corrected chi connectivity index (χ2v) is 13.7. The molecule has 8 aromatic carbocycles. The number of hydrogen-bond acceptors (Lipinski definition) is 1. The van der Waals surface area contributed by atoms with E-state index in [1.165, 1.54) is 0 Å². The summed E-state index contributed by atoms with van der Waals surface area (Å²) in [5.74, 6) is -0.197. The van der Waals surface area contributed by atoms with Gasteiger partial charge in [-0.2, -0.15) is 0 Å². The van der Waals surface area contributed by atoms with Crippen LogP contribution in [0.5, 0.6) is 0 Å². The molecule has 0 radical (unpaired) electrons. The van der Waals surface area contributed by atoms with Crippen molar-refractivity contribution in [2.24, 2.45) is 0 Å². The molecule has 0 amide bonds. The number of para-hydroxylation sites is 2. The highest BCUT2D eigenvalue weighted by atomic mass is 15.1. The molecule has 0 spiro atoms. The van der Waals surface area contributed by atoms with Crippen molar-refractivity contribution in [1.29, 1.82) is 0 Å². The Morgan fingerprint density at radius 3 is 1.83 bits per heavy atom. The van der Waals surface area contributed by atoms with Crippen LogP contribution in [0, 0.1) is 0 Å². The average molecular weight is 679 g/mol. The molecule has 2 nitrogen and oxygen atoms in total. The van der Waals surface area contributed by atoms with Gasteiger partial charge in [0, 0.05) is 24.3 Å². The van der Waals surface area contributed by atoms with E-state index < -0.39 is 24.7 Å². The molecule has 2 heteroatoms. The third-order valence-electron chi connectivity index (χ3n) is 10.5. The van der Waals surface area contributed by atoms with Crippen molar-refractivity contribution in [3.63, 3.8) is 0 Å². The first-order valence-electron chi connectivity index (χ1n) is 23.2. The number of rotatable bonds is 5. The molecule has 0 atom stereocenters. The number of hydrogen-bond donors (Lipinski definition) is 0. The van der Waals surface area contributed by atoms with Gasteiger partial charge in [0.1, 0.15) is 5.82 Å². The Kier molecular flexibility index (Phi) is 4.61. The van der Waals surface area contributed by atoms with Crippen molar-refractivity contribution in [2.75, 3.05) is 0 Å². The van der Waals surface area contributed by atoms with E-state index in [0.29, 0.717) is 33.4 Å². The summed E-state index contributed by atoms with van der Waals surface area (Å²) in [7, 11) is 0. The topological polar surface area (TPSA) is 17.8 Å². The van der Waals surface area contributed by atoms with E-state index >= 15 is 0 Å². The first-order valence-corrected chi connectivity index (χ1v) is 17.2. The molecule has 0 saturated carbocycles. The third kappa shape index (κ3) is 4.54. The largest absolute Gasteiger partial charge is 0.296 e. The van der Waals surface area contributed by atoms with Gasteiger partial charge in [0.25, 0.3) is 0 Å². The zero-order valence-electron chi connectivity index (χ0n) is 40.4. The maximum absolute atomic E-state index is 9.84. The molecule has 0 bridgehead atoms. The lowest BCUT2D eigenvalue weighted by Crippen LogP contribution is -2.14. The van der Waals surface area contributed by atoms with Crippen molar-refractivity contribution in [3.05, 3.63) is 181 Å². The van der Waals surface area contributed by atoms with Crippen LogP contribution < -0.4 is 0 Å². The van der Waals surface area contributed by atoms with Crippen LogP contribution in [0.15, 0.2) is 164 Å². The summed E-state index contributed by atoms with van der Waals surface area (Å²) in [5.41, 5.74) is 6.29. The Morgan fingerprint density at radius 2 is 1.15 bits per heavy atom. The summed E-state index contributed by atoms with van der Waals surface area (Å²) in [6.07, 6.45) is -2.71. The van der Waals surface area contributed by atoms with Crippen LogP contribution in [0.2, 0.25) is 0 Å². The Hall–Kier alpha value is -6.25. The molecule has 0 unspecified atom stereocenters. The Morgan fingerprint density at radius 1 is 0.596 bits per heavy atom. The van der Waals surface area contributed by atoms with E-state index in [4.69, 9.17) is 12.3 Å². The maximum atomic E-state index is 9.84. The van der Waals surface area contributed by atoms with Crippen LogP contribution in [0.4, 0.5) is 0 Å². The lowest BCUT2D eigenvalue weighted by molar-refractivity contribution is 0.660. The molecule has 9 aromatic rings. The fraction of sp³-hybridized carbons (Fsp3) is 0.100. The standard InChI is InChI=1S/C50H38N2/c1-4-47-51-45-19-11-12-20-46(45)52(47)36-28-25-33(26-29-36)32-21-23-34(24-22-32)48-39-14-5-7-16-41(39)49(42-17-8-6-15-40(42)48)35-27-30-38-37-13-9-10-18-43(37)50(2,3)44(38)31-35/h5-31H,4H2,1-3H3/i1D3,4D2,9D,10D,13D,18D,27D,30D,31D. The van der Waals surface area contributed by atoms with E-state index in [1.54, 1.807) is 28.8 Å². The SMILES string of the molecule is [2H]c1c([2H])c([2H])c2c(c1[2H])-c1c([2H])c([2H])c(-c3c4ccccc4c(-c4ccc(-c5ccc(-n6c(C([2H])([2H])C([2H])([2H])[2H])nc7ccccc76)cc5)cc4)c4ccccc34)c([2H])c1C2(C)C. The third-order valence-corrected chi connectivity index (χ3v) is 10.5. The molecule has 248 valence electrons. The van der Waals surface area contributed by atoms with Gasteiger partial charge in [-0.15, -0.1) is 0 Å². The van der Waals surface area contributed by atoms with Crippen LogP contribution in [0.25, 0.3) is 82.8 Å². The molecule has 1 aromatic heterocycles. The van der Waals surface area contributed by atoms with E-state index in [0.717, 1.165) is 43.8 Å². The monoisotopic (exact) mass is 678 g/mol. The lowest BCUT2D eigenvalue weighted by atomic mass is 9.80. The zero-order chi connectivity index (χ0) is 45.4. The fourth-order valence-electron chi connectivity index (χ4n) is 7.99. The molecule has 1 aliphatic carbocycles. The number of nitrogens with zero attached hydrogens (tertiary/aromatic N) is 2. The average Bonchev–Trinajstić information content (AvgIpc) is 3.80. The quantitative estimate of drug-likeness (QED) is 0.166. The van der Waals surface area contributed by atoms with Gasteiger partial charge >= 0.3 is 0 Å². The van der Waals surface area contributed by atoms with Crippen molar-refractivity contribution in [2.45, 2.75) is 32.5 Å². The van der Waals surface area contributed by atoms with Gasteiger partial charge in [-0.05, 0) is 107 Å². The summed E-state index contributed by atoms with van der Waals surface area (Å²) in [5, 5.41) is 3.32. The normalized spacial score (nSPS) is 17.0. The zero-order valence-corrected chi connectivity index (χ0v) is 28.4. The molecule has 1 aliphatic rings. The Balaban J connectivity index is 1.10. The van der Waals surface area contributed by atoms with Gasteiger partial charge in [-0.3, -0.25) is 4.57 Å². The highest BCUT2D eigenvalue weighted by Crippen LogP contribution is 2.51. The van der Waals surface area contributed by atoms with Crippen LogP contribution in [0.3, 0.4) is 0 Å². The van der Waals surface area contributed by atoms with Crippen molar-refractivity contribution >= 4 is 32.6 Å². The summed E-state index contributed by atoms with van der Waals surface area (Å²) >= 11 is 0. The van der Waals surface area contributed by atoms with E-state index in [1.807, 2.05) is 111 Å². The summed E-state index contributed by atoms with van der Waals surface area (Å²) < 4.78 is 106. The molecule has 0 N–H and O–H groups in total. The number of fused-ring (bicyclic) bond motifs is 6. The Bertz CT molecular complexity index is 3380. The number of imidazole rings is 1. The highest BCUT2D eigenvalue weighted by molar-refractivity contribution is 6.21. The second kappa shape index (κ2) is 11.6. The van der Waals surface area contributed by atoms with Crippen LogP contribution in [-0.2, 0) is 11.8 Å². The number of aryl methyl sites for hydroxylation is 1. The second-order valence-electron chi connectivity index (χ2n) is 13.7. The number of aromatic nitrogens is 2. The summed E-state index contributed by atoms with van der Waals surface area (Å²) in [4.78, 5) is 4.44. The van der Waals surface area contributed by atoms with Gasteiger partial charge in [0.15, 0.2) is 0 Å². The summed E-state index contributed by atoms with van der Waals surface area (Å²) in [6.45, 7) is 0.699. The molecule has 0 fully saturated rings. The smallest absolute Gasteiger partial charge is 0.114 e. The van der Waals surface area contributed by atoms with Gasteiger partial charge < -0.3 is 0 Å². The predicted molar refractivity (Wildman–Crippen MR) is 219 cm³/mol. The van der Waals surface area contributed by atoms with Gasteiger partial charge in [0.2, 0.25) is 0 Å². The fourth-order valence-corrected chi connectivity index (χ4v) is 7.99. The molecule has 52 heavy (non-hydrogen) atoms. The van der Waals surface area contributed by atoms with Crippen molar-refractivity contribution in [1.82, 2.24) is 9.55 Å². The first-order chi connectivity index (χ1) is 30.4. The maximum Gasteiger partial charge on any atom is 0.114 e. The van der Waals surface area contributed by atoms with Crippen molar-refractivity contribution < 1.29 is 16.4 Å². The van der Waals surface area contributed by atoms with Crippen LogP contribution >= 0.6 is 0 Å². The minimum Gasteiger partial charge on any atom is -0.296 e. The van der Waals surface area contributed by atoms with Crippen molar-refractivity contribution in [3.8, 4) is 50.2 Å². The van der Waals surface area contributed by atoms with Crippen LogP contribution in [0.1, 0.15) is 54.1 Å². The predicted octanol–water partition coefficient (Wildman–Crippen LogP) is 13.2. The van der Waals surface area contributed by atoms with E-state index in [-0.39, 0.29) is 58.8 Å². The first kappa shape index (κ1) is 20.6. The van der Waals surface area contributed by atoms with Gasteiger partial charge in [0.05, 0.1) is 20.6 Å². The van der Waals surface area contributed by atoms with Gasteiger partial charge in [-0.25, -0.2) is 4.98 Å². The molecular weight excluding hydrogens is 629 g/mol.